The number of urea groups is 1. The SMILES string of the molecule is O=C(NCc1ccccc1)Nc1ccc([C@H]2O[C@@H](Cn3cnc(Cl)c3Cl)C[C@@H](c3ccc(CO)cc3)O2)cc1. The molecule has 1 aromatic heterocycles. The van der Waals surface area contributed by atoms with E-state index in [2.05, 4.69) is 15.6 Å². The van der Waals surface area contributed by atoms with Crippen LogP contribution in [0.4, 0.5) is 10.5 Å². The molecule has 5 rings (SSSR count). The van der Waals surface area contributed by atoms with Crippen LogP contribution in [-0.4, -0.2) is 26.8 Å². The molecule has 202 valence electrons. The van der Waals surface area contributed by atoms with Gasteiger partial charge in [-0.25, -0.2) is 9.78 Å². The molecule has 39 heavy (non-hydrogen) atoms. The third kappa shape index (κ3) is 6.98. The summed E-state index contributed by atoms with van der Waals surface area (Å²) in [6, 6.07) is 24.5. The Hall–Kier alpha value is -3.40. The van der Waals surface area contributed by atoms with E-state index in [4.69, 9.17) is 32.7 Å². The molecular weight excluding hydrogens is 539 g/mol. The summed E-state index contributed by atoms with van der Waals surface area (Å²) in [5.41, 5.74) is 4.28. The smallest absolute Gasteiger partial charge is 0.319 e. The number of imidazole rings is 1. The van der Waals surface area contributed by atoms with Gasteiger partial charge in [0, 0.05) is 24.2 Å². The third-order valence-corrected chi connectivity index (χ3v) is 7.25. The van der Waals surface area contributed by atoms with Crippen molar-refractivity contribution in [1.29, 1.82) is 0 Å². The summed E-state index contributed by atoms with van der Waals surface area (Å²) in [4.78, 5) is 16.4. The van der Waals surface area contributed by atoms with Gasteiger partial charge in [0.25, 0.3) is 0 Å². The average Bonchev–Trinajstić information content (AvgIpc) is 3.29. The first-order valence-electron chi connectivity index (χ1n) is 12.5. The molecule has 3 N–H and O–H groups in total. The first-order valence-corrected chi connectivity index (χ1v) is 13.3. The fourth-order valence-electron chi connectivity index (χ4n) is 4.40. The number of carbonyl (C=O) groups excluding carboxylic acids is 1. The van der Waals surface area contributed by atoms with Gasteiger partial charge in [-0.3, -0.25) is 0 Å². The van der Waals surface area contributed by atoms with E-state index >= 15 is 0 Å². The second-order valence-corrected chi connectivity index (χ2v) is 9.96. The molecule has 0 saturated carbocycles. The summed E-state index contributed by atoms with van der Waals surface area (Å²) in [5, 5.41) is 15.7. The Balaban J connectivity index is 1.28. The number of benzene rings is 3. The Morgan fingerprint density at radius 3 is 2.33 bits per heavy atom. The molecule has 0 aliphatic carbocycles. The van der Waals surface area contributed by atoms with Gasteiger partial charge >= 0.3 is 6.03 Å². The molecule has 3 atom stereocenters. The van der Waals surface area contributed by atoms with Crippen LogP contribution >= 0.6 is 23.2 Å². The number of aromatic nitrogens is 2. The molecule has 0 radical (unpaired) electrons. The maximum atomic E-state index is 12.3. The van der Waals surface area contributed by atoms with Gasteiger partial charge in [-0.15, -0.1) is 0 Å². The minimum Gasteiger partial charge on any atom is -0.392 e. The molecule has 0 bridgehead atoms. The Kier molecular flexibility index (Phi) is 8.81. The zero-order chi connectivity index (χ0) is 27.2. The van der Waals surface area contributed by atoms with Gasteiger partial charge in [-0.2, -0.15) is 0 Å². The average molecular weight is 567 g/mol. The standard InChI is InChI=1S/C29H28Cl2N4O4/c30-26-27(31)35(18-33-26)16-24-14-25(21-8-6-20(17-36)7-9-21)39-28(38-24)22-10-12-23(13-11-22)34-29(37)32-15-19-4-2-1-3-5-19/h1-13,18,24-25,28,36H,14-17H2,(H2,32,34,37)/t24-,25+,28+/m1/s1. The van der Waals surface area contributed by atoms with E-state index < -0.39 is 6.29 Å². The summed E-state index contributed by atoms with van der Waals surface area (Å²) in [7, 11) is 0. The summed E-state index contributed by atoms with van der Waals surface area (Å²) in [6.07, 6.45) is 1.04. The van der Waals surface area contributed by atoms with E-state index in [-0.39, 0.29) is 30.0 Å². The summed E-state index contributed by atoms with van der Waals surface area (Å²) in [5.74, 6) is 0. The van der Waals surface area contributed by atoms with E-state index in [1.54, 1.807) is 10.9 Å². The van der Waals surface area contributed by atoms with Crippen molar-refractivity contribution in [1.82, 2.24) is 14.9 Å². The van der Waals surface area contributed by atoms with Crippen molar-refractivity contribution in [3.8, 4) is 0 Å². The van der Waals surface area contributed by atoms with Gasteiger partial charge in [0.05, 0.1) is 31.7 Å². The zero-order valence-corrected chi connectivity index (χ0v) is 22.5. The number of ether oxygens (including phenoxy) is 2. The number of nitrogens with one attached hydrogen (secondary N) is 2. The first-order chi connectivity index (χ1) is 19.0. The maximum Gasteiger partial charge on any atom is 0.319 e. The minimum absolute atomic E-state index is 0.0231. The zero-order valence-electron chi connectivity index (χ0n) is 21.0. The van der Waals surface area contributed by atoms with Gasteiger partial charge in [-0.05, 0) is 28.8 Å². The number of carbonyl (C=O) groups is 1. The highest BCUT2D eigenvalue weighted by Crippen LogP contribution is 2.39. The van der Waals surface area contributed by atoms with Crippen LogP contribution in [0.1, 0.15) is 41.1 Å². The quantitative estimate of drug-likeness (QED) is 0.234. The molecule has 4 aromatic rings. The maximum absolute atomic E-state index is 12.3. The van der Waals surface area contributed by atoms with Gasteiger partial charge in [0.15, 0.2) is 11.4 Å². The number of halogens is 2. The van der Waals surface area contributed by atoms with Crippen molar-refractivity contribution < 1.29 is 19.4 Å². The van der Waals surface area contributed by atoms with Gasteiger partial charge in [0.2, 0.25) is 0 Å². The number of nitrogens with zero attached hydrogens (tertiary/aromatic N) is 2. The molecule has 0 spiro atoms. The molecular formula is C29H28Cl2N4O4. The van der Waals surface area contributed by atoms with E-state index in [0.717, 1.165) is 22.3 Å². The number of rotatable bonds is 8. The Morgan fingerprint density at radius 2 is 1.67 bits per heavy atom. The molecule has 1 saturated heterocycles. The highest BCUT2D eigenvalue weighted by atomic mass is 35.5. The topological polar surface area (TPSA) is 97.6 Å². The molecule has 8 nitrogen and oxygen atoms in total. The lowest BCUT2D eigenvalue weighted by Crippen LogP contribution is -2.32. The normalized spacial score (nSPS) is 19.0. The number of amides is 2. The second kappa shape index (κ2) is 12.6. The predicted molar refractivity (Wildman–Crippen MR) is 149 cm³/mol. The first kappa shape index (κ1) is 27.2. The Morgan fingerprint density at radius 1 is 0.949 bits per heavy atom. The third-order valence-electron chi connectivity index (χ3n) is 6.48. The van der Waals surface area contributed by atoms with Gasteiger partial charge in [-0.1, -0.05) is 89.9 Å². The number of hydrogen-bond donors (Lipinski definition) is 3. The molecule has 3 aromatic carbocycles. The van der Waals surface area contributed by atoms with Crippen LogP contribution in [-0.2, 0) is 29.2 Å². The Labute approximate surface area is 236 Å². The van der Waals surface area contributed by atoms with Gasteiger partial charge in [0.1, 0.15) is 5.15 Å². The molecule has 0 unspecified atom stereocenters. The van der Waals surface area contributed by atoms with Gasteiger partial charge < -0.3 is 29.8 Å². The van der Waals surface area contributed by atoms with Crippen LogP contribution in [0, 0.1) is 0 Å². The number of aliphatic hydroxyl groups excluding tert-OH is 1. The van der Waals surface area contributed by atoms with Crippen molar-refractivity contribution >= 4 is 34.9 Å². The van der Waals surface area contributed by atoms with Crippen LogP contribution in [0.3, 0.4) is 0 Å². The van der Waals surface area contributed by atoms with Crippen LogP contribution < -0.4 is 10.6 Å². The number of hydrogen-bond acceptors (Lipinski definition) is 5. The Bertz CT molecular complexity index is 1380. The summed E-state index contributed by atoms with van der Waals surface area (Å²) < 4.78 is 14.5. The molecule has 2 heterocycles. The molecule has 1 fully saturated rings. The van der Waals surface area contributed by atoms with Crippen molar-refractivity contribution in [3.05, 3.63) is 118 Å². The van der Waals surface area contributed by atoms with E-state index in [1.165, 1.54) is 0 Å². The predicted octanol–water partition coefficient (Wildman–Crippen LogP) is 6.25. The summed E-state index contributed by atoms with van der Waals surface area (Å²) >= 11 is 12.3. The molecule has 10 heteroatoms. The van der Waals surface area contributed by atoms with E-state index in [9.17, 15) is 9.90 Å². The monoisotopic (exact) mass is 566 g/mol. The summed E-state index contributed by atoms with van der Waals surface area (Å²) in [6.45, 7) is 0.859. The fraction of sp³-hybridized carbons (Fsp3) is 0.241. The van der Waals surface area contributed by atoms with Crippen molar-refractivity contribution in [3.63, 3.8) is 0 Å². The molecule has 2 amide bonds. The van der Waals surface area contributed by atoms with Crippen molar-refractivity contribution in [2.45, 2.75) is 44.6 Å². The second-order valence-electron chi connectivity index (χ2n) is 9.24. The van der Waals surface area contributed by atoms with Crippen LogP contribution in [0.2, 0.25) is 10.3 Å². The largest absolute Gasteiger partial charge is 0.392 e. The molecule has 1 aliphatic heterocycles. The highest BCUT2D eigenvalue weighted by molar-refractivity contribution is 6.40. The molecule has 1 aliphatic rings. The lowest BCUT2D eigenvalue weighted by molar-refractivity contribution is -0.252. The highest BCUT2D eigenvalue weighted by Gasteiger charge is 2.33. The van der Waals surface area contributed by atoms with Crippen LogP contribution in [0.25, 0.3) is 0 Å². The number of aliphatic hydroxyl groups is 1. The lowest BCUT2D eigenvalue weighted by atomic mass is 10.00. The van der Waals surface area contributed by atoms with Crippen molar-refractivity contribution in [2.75, 3.05) is 5.32 Å². The number of anilines is 1. The van der Waals surface area contributed by atoms with E-state index in [0.29, 0.717) is 30.4 Å². The van der Waals surface area contributed by atoms with Crippen LogP contribution in [0.15, 0.2) is 85.2 Å². The van der Waals surface area contributed by atoms with E-state index in [1.807, 2.05) is 78.9 Å². The fourth-order valence-corrected chi connectivity index (χ4v) is 4.71. The van der Waals surface area contributed by atoms with Crippen molar-refractivity contribution in [2.24, 2.45) is 0 Å². The minimum atomic E-state index is -0.648. The van der Waals surface area contributed by atoms with Crippen LogP contribution in [0.5, 0.6) is 0 Å². The lowest BCUT2D eigenvalue weighted by Gasteiger charge is -2.36.